The van der Waals surface area contributed by atoms with Crippen LogP contribution in [0.4, 0.5) is 5.82 Å². The molecule has 3 heterocycles. The first kappa shape index (κ1) is 12.2. The summed E-state index contributed by atoms with van der Waals surface area (Å²) in [6.07, 6.45) is 1.08. The summed E-state index contributed by atoms with van der Waals surface area (Å²) in [5.74, 6) is 3.59. The van der Waals surface area contributed by atoms with Crippen LogP contribution in [0.3, 0.4) is 0 Å². The number of aromatic nitrogens is 2. The maximum atomic E-state index is 6.21. The van der Waals surface area contributed by atoms with Crippen molar-refractivity contribution in [1.82, 2.24) is 9.97 Å². The molecule has 0 aliphatic carbocycles. The number of aryl methyl sites for hydroxylation is 1. The number of benzene rings is 1. The van der Waals surface area contributed by atoms with Crippen LogP contribution < -0.4 is 5.73 Å². The average Bonchev–Trinajstić information content (AvgIpc) is 2.87. The number of nitrogens with two attached hydrogens (primary N) is 1. The molecular formula is C15H13N3S2. The highest BCUT2D eigenvalue weighted by Crippen LogP contribution is 2.39. The van der Waals surface area contributed by atoms with Gasteiger partial charge in [0.15, 0.2) is 5.82 Å². The fourth-order valence-corrected chi connectivity index (χ4v) is 4.93. The van der Waals surface area contributed by atoms with Crippen molar-refractivity contribution in [3.05, 3.63) is 40.8 Å². The topological polar surface area (TPSA) is 51.8 Å². The van der Waals surface area contributed by atoms with Gasteiger partial charge in [-0.15, -0.1) is 11.3 Å². The first-order valence-corrected chi connectivity index (χ1v) is 8.51. The lowest BCUT2D eigenvalue weighted by Gasteiger charge is -2.10. The SMILES string of the molecule is Nc1nc(-c2ccccc2)nc2sc3c(c12)CCSC3. The first-order chi connectivity index (χ1) is 9.83. The molecule has 3 nitrogen and oxygen atoms in total. The van der Waals surface area contributed by atoms with E-state index in [1.54, 1.807) is 11.3 Å². The summed E-state index contributed by atoms with van der Waals surface area (Å²) in [4.78, 5) is 11.7. The molecule has 5 heteroatoms. The zero-order chi connectivity index (χ0) is 13.5. The number of hydrogen-bond donors (Lipinski definition) is 1. The van der Waals surface area contributed by atoms with Crippen molar-refractivity contribution in [2.45, 2.75) is 12.2 Å². The number of fused-ring (bicyclic) bond motifs is 3. The van der Waals surface area contributed by atoms with Gasteiger partial charge in [-0.1, -0.05) is 30.3 Å². The predicted molar refractivity (Wildman–Crippen MR) is 87.1 cm³/mol. The standard InChI is InChI=1S/C15H13N3S2/c16-13-12-10-6-7-19-8-11(10)20-15(12)18-14(17-13)9-4-2-1-3-5-9/h1-5H,6-8H2,(H2,16,17,18). The van der Waals surface area contributed by atoms with Crippen LogP contribution in [0.5, 0.6) is 0 Å². The van der Waals surface area contributed by atoms with E-state index < -0.39 is 0 Å². The Bertz CT molecular complexity index is 781. The second kappa shape index (κ2) is 4.75. The van der Waals surface area contributed by atoms with Crippen LogP contribution in [0.15, 0.2) is 30.3 Å². The first-order valence-electron chi connectivity index (χ1n) is 6.54. The summed E-state index contributed by atoms with van der Waals surface area (Å²) < 4.78 is 0. The van der Waals surface area contributed by atoms with Crippen molar-refractivity contribution >= 4 is 39.1 Å². The van der Waals surface area contributed by atoms with E-state index in [2.05, 4.69) is 4.98 Å². The van der Waals surface area contributed by atoms with Crippen LogP contribution in [-0.2, 0) is 12.2 Å². The molecule has 4 rings (SSSR count). The molecule has 0 saturated heterocycles. The molecule has 2 N–H and O–H groups in total. The summed E-state index contributed by atoms with van der Waals surface area (Å²) in [5, 5.41) is 1.09. The van der Waals surface area contributed by atoms with Gasteiger partial charge < -0.3 is 5.73 Å². The zero-order valence-electron chi connectivity index (χ0n) is 10.8. The fourth-order valence-electron chi connectivity index (χ4n) is 2.57. The predicted octanol–water partition coefficient (Wildman–Crippen LogP) is 3.73. The number of nitrogen functional groups attached to an aromatic ring is 1. The second-order valence-electron chi connectivity index (χ2n) is 4.79. The molecule has 20 heavy (non-hydrogen) atoms. The Balaban J connectivity index is 1.95. The van der Waals surface area contributed by atoms with Crippen molar-refractivity contribution in [3.8, 4) is 11.4 Å². The number of thiophene rings is 1. The largest absolute Gasteiger partial charge is 0.383 e. The van der Waals surface area contributed by atoms with Gasteiger partial charge in [0, 0.05) is 16.2 Å². The lowest BCUT2D eigenvalue weighted by molar-refractivity contribution is 1.12. The third-order valence-electron chi connectivity index (χ3n) is 3.52. The third kappa shape index (κ3) is 1.89. The molecule has 0 bridgehead atoms. The minimum atomic E-state index is 0.623. The van der Waals surface area contributed by atoms with Crippen LogP contribution in [0.2, 0.25) is 0 Å². The van der Waals surface area contributed by atoms with Gasteiger partial charge in [-0.3, -0.25) is 0 Å². The lowest BCUT2D eigenvalue weighted by atomic mass is 10.1. The monoisotopic (exact) mass is 299 g/mol. The number of thioether (sulfide) groups is 1. The molecular weight excluding hydrogens is 286 g/mol. The highest BCUT2D eigenvalue weighted by atomic mass is 32.2. The van der Waals surface area contributed by atoms with Crippen LogP contribution in [0.25, 0.3) is 21.6 Å². The Kier molecular flexibility index (Phi) is 2.89. The third-order valence-corrected chi connectivity index (χ3v) is 5.82. The minimum Gasteiger partial charge on any atom is -0.383 e. The molecule has 0 spiro atoms. The number of anilines is 1. The van der Waals surface area contributed by atoms with Crippen molar-refractivity contribution in [1.29, 1.82) is 0 Å². The molecule has 0 unspecified atom stereocenters. The van der Waals surface area contributed by atoms with E-state index in [0.29, 0.717) is 5.82 Å². The molecule has 0 atom stereocenters. The molecule has 1 aliphatic heterocycles. The van der Waals surface area contributed by atoms with Crippen molar-refractivity contribution < 1.29 is 0 Å². The van der Waals surface area contributed by atoms with Crippen molar-refractivity contribution in [2.75, 3.05) is 11.5 Å². The highest BCUT2D eigenvalue weighted by Gasteiger charge is 2.20. The summed E-state index contributed by atoms with van der Waals surface area (Å²) in [7, 11) is 0. The molecule has 1 aromatic carbocycles. The van der Waals surface area contributed by atoms with Crippen molar-refractivity contribution in [3.63, 3.8) is 0 Å². The number of rotatable bonds is 1. The summed E-state index contributed by atoms with van der Waals surface area (Å²) >= 11 is 3.75. The fraction of sp³-hybridized carbons (Fsp3) is 0.200. The molecule has 3 aromatic rings. The van der Waals surface area contributed by atoms with Gasteiger partial charge in [0.1, 0.15) is 10.6 Å². The lowest BCUT2D eigenvalue weighted by Crippen LogP contribution is -2.01. The normalized spacial score (nSPS) is 14.4. The smallest absolute Gasteiger partial charge is 0.163 e. The van der Waals surface area contributed by atoms with Crippen LogP contribution >= 0.6 is 23.1 Å². The van der Waals surface area contributed by atoms with E-state index in [9.17, 15) is 0 Å². The van der Waals surface area contributed by atoms with Gasteiger partial charge in [0.2, 0.25) is 0 Å². The summed E-state index contributed by atoms with van der Waals surface area (Å²) in [6, 6.07) is 10.0. The molecule has 0 amide bonds. The second-order valence-corrected chi connectivity index (χ2v) is 6.97. The van der Waals surface area contributed by atoms with Gasteiger partial charge in [-0.2, -0.15) is 11.8 Å². The molecule has 0 fully saturated rings. The maximum absolute atomic E-state index is 6.21. The Labute approximate surface area is 125 Å². The van der Waals surface area contributed by atoms with E-state index in [1.807, 2.05) is 42.1 Å². The van der Waals surface area contributed by atoms with E-state index in [0.717, 1.165) is 33.8 Å². The molecule has 100 valence electrons. The highest BCUT2D eigenvalue weighted by molar-refractivity contribution is 7.98. The van der Waals surface area contributed by atoms with Gasteiger partial charge >= 0.3 is 0 Å². The Hall–Kier alpha value is -1.59. The van der Waals surface area contributed by atoms with E-state index in [4.69, 9.17) is 10.7 Å². The average molecular weight is 299 g/mol. The van der Waals surface area contributed by atoms with Crippen molar-refractivity contribution in [2.24, 2.45) is 0 Å². The zero-order valence-corrected chi connectivity index (χ0v) is 12.4. The maximum Gasteiger partial charge on any atom is 0.163 e. The molecule has 2 aromatic heterocycles. The van der Waals surface area contributed by atoms with E-state index >= 15 is 0 Å². The number of nitrogens with zero attached hydrogens (tertiary/aromatic N) is 2. The van der Waals surface area contributed by atoms with E-state index in [1.165, 1.54) is 16.2 Å². The van der Waals surface area contributed by atoms with E-state index in [-0.39, 0.29) is 0 Å². The van der Waals surface area contributed by atoms with Gasteiger partial charge in [0.25, 0.3) is 0 Å². The van der Waals surface area contributed by atoms with Gasteiger partial charge in [-0.05, 0) is 17.7 Å². The van der Waals surface area contributed by atoms with Crippen LogP contribution in [-0.4, -0.2) is 15.7 Å². The molecule has 0 saturated carbocycles. The minimum absolute atomic E-state index is 0.623. The molecule has 0 radical (unpaired) electrons. The Morgan fingerprint density at radius 2 is 1.95 bits per heavy atom. The van der Waals surface area contributed by atoms with Gasteiger partial charge in [-0.25, -0.2) is 9.97 Å². The summed E-state index contributed by atoms with van der Waals surface area (Å²) in [6.45, 7) is 0. The molecule has 1 aliphatic rings. The quantitative estimate of drug-likeness (QED) is 0.744. The summed E-state index contributed by atoms with van der Waals surface area (Å²) in [5.41, 5.74) is 8.60. The van der Waals surface area contributed by atoms with Crippen LogP contribution in [0.1, 0.15) is 10.4 Å². The van der Waals surface area contributed by atoms with Crippen LogP contribution in [0, 0.1) is 0 Å². The Morgan fingerprint density at radius 1 is 1.10 bits per heavy atom. The Morgan fingerprint density at radius 3 is 2.80 bits per heavy atom. The van der Waals surface area contributed by atoms with Gasteiger partial charge in [0.05, 0.1) is 5.39 Å². The number of hydrogen-bond acceptors (Lipinski definition) is 5.